The van der Waals surface area contributed by atoms with Crippen molar-refractivity contribution in [3.8, 4) is 0 Å². The van der Waals surface area contributed by atoms with E-state index in [2.05, 4.69) is 9.28 Å². The molecule has 1 saturated carbocycles. The zero-order chi connectivity index (χ0) is 18.9. The predicted molar refractivity (Wildman–Crippen MR) is 89.4 cm³/mol. The summed E-state index contributed by atoms with van der Waals surface area (Å²) >= 11 is 0. The number of rotatable bonds is 5. The molecule has 2 bridgehead atoms. The normalized spacial score (nSPS) is 26.9. The maximum atomic E-state index is 12.3. The summed E-state index contributed by atoms with van der Waals surface area (Å²) in [6, 6.07) is -1.89. The molecule has 0 aromatic heterocycles. The number of hydrogen-bond donors (Lipinski definition) is 1. The summed E-state index contributed by atoms with van der Waals surface area (Å²) in [4.78, 5) is 29.8. The van der Waals surface area contributed by atoms with Gasteiger partial charge >= 0.3 is 35.6 Å². The van der Waals surface area contributed by atoms with Gasteiger partial charge in [0.2, 0.25) is 16.3 Å². The van der Waals surface area contributed by atoms with E-state index < -0.39 is 28.5 Å². The van der Waals surface area contributed by atoms with E-state index in [1.807, 2.05) is 0 Å². The number of hydrogen-bond acceptors (Lipinski definition) is 6. The van der Waals surface area contributed by atoms with Crippen molar-refractivity contribution in [3.05, 3.63) is 0 Å². The molecule has 0 aromatic carbocycles. The van der Waals surface area contributed by atoms with Crippen LogP contribution in [-0.4, -0.2) is 59.3 Å². The third kappa shape index (κ3) is 5.64. The van der Waals surface area contributed by atoms with Crippen molar-refractivity contribution in [1.82, 2.24) is 9.96 Å². The van der Waals surface area contributed by atoms with Gasteiger partial charge in [0.1, 0.15) is 5.84 Å². The van der Waals surface area contributed by atoms with Crippen LogP contribution in [0, 0.1) is 5.92 Å². The maximum Gasteiger partial charge on any atom is 1.00 e. The number of hydroxylamine groups is 2. The third-order valence-corrected chi connectivity index (χ3v) is 5.62. The summed E-state index contributed by atoms with van der Waals surface area (Å²) in [7, 11) is -5.04. The zero-order valence-corrected chi connectivity index (χ0v) is 18.2. The molecule has 146 valence electrons. The van der Waals surface area contributed by atoms with E-state index in [1.165, 1.54) is 11.3 Å². The Bertz CT molecular complexity index is 709. The van der Waals surface area contributed by atoms with Gasteiger partial charge in [-0.05, 0) is 31.6 Å². The second-order valence-electron chi connectivity index (χ2n) is 7.13. The molecule has 0 aromatic rings. The van der Waals surface area contributed by atoms with Crippen LogP contribution in [0.4, 0.5) is 4.79 Å². The monoisotopic (exact) mass is 410 g/mol. The van der Waals surface area contributed by atoms with E-state index in [9.17, 15) is 22.6 Å². The van der Waals surface area contributed by atoms with Gasteiger partial charge < -0.3 is 15.2 Å². The Morgan fingerprint density at radius 3 is 2.52 bits per heavy atom. The molecule has 2 atom stereocenters. The van der Waals surface area contributed by atoms with Crippen molar-refractivity contribution in [3.63, 3.8) is 0 Å². The fraction of sp³-hybridized carbons (Fsp3) is 0.800. The Balaban J connectivity index is 0.00000261. The second-order valence-corrected chi connectivity index (χ2v) is 8.09. The molecule has 3 aliphatic rings. The fourth-order valence-electron chi connectivity index (χ4n) is 4.04. The summed E-state index contributed by atoms with van der Waals surface area (Å²) in [5.74, 6) is 0.0889. The molecule has 10 nitrogen and oxygen atoms in total. The summed E-state index contributed by atoms with van der Waals surface area (Å²) < 4.78 is 36.6. The Kier molecular flexibility index (Phi) is 7.68. The number of aliphatic imine (C=N–C) groups is 1. The summed E-state index contributed by atoms with van der Waals surface area (Å²) in [6.07, 6.45) is 6.67. The van der Waals surface area contributed by atoms with Gasteiger partial charge in [0.05, 0.1) is 12.1 Å². The van der Waals surface area contributed by atoms with E-state index in [0.717, 1.165) is 25.7 Å². The molecule has 2 aliphatic heterocycles. The summed E-state index contributed by atoms with van der Waals surface area (Å²) in [6.45, 7) is 0.173. The average molecular weight is 410 g/mol. The first-order valence-electron chi connectivity index (χ1n) is 8.86. The quantitative estimate of drug-likeness (QED) is 0.173. The van der Waals surface area contributed by atoms with Crippen LogP contribution in [0.25, 0.3) is 0 Å². The van der Waals surface area contributed by atoms with E-state index >= 15 is 0 Å². The average Bonchev–Trinajstić information content (AvgIpc) is 2.79. The van der Waals surface area contributed by atoms with Crippen LogP contribution in [-0.2, 0) is 19.5 Å². The Labute approximate surface area is 180 Å². The number of piperidine rings is 1. The van der Waals surface area contributed by atoms with Crippen LogP contribution in [0.3, 0.4) is 0 Å². The first kappa shape index (κ1) is 22.6. The Hall–Kier alpha value is -0.720. The number of carbonyl (C=O) groups excluding carboxylic acids is 2. The minimum atomic E-state index is -5.04. The maximum absolute atomic E-state index is 12.3. The summed E-state index contributed by atoms with van der Waals surface area (Å²) in [5, 5.41) is 0.583. The minimum Gasteiger partial charge on any atom is -0.724 e. The van der Waals surface area contributed by atoms with Crippen LogP contribution in [0.1, 0.15) is 51.4 Å². The molecule has 0 spiro atoms. The molecular weight excluding hydrogens is 387 g/mol. The standard InChI is InChI=1S/C15H24N4O6S.Na/c16-14(17-13(20)8-10-4-2-1-3-5-10)12-7-6-11-9-18(12)15(21)19(11)25-26(22,23)24;/h10-12H,1-9H2,(H2,16,17,20)(H,22,23,24);/q;+1/p-1/t11-,12+;/m1./s1. The van der Waals surface area contributed by atoms with E-state index in [-0.39, 0.29) is 47.8 Å². The number of fused-ring (bicyclic) bond motifs is 2. The van der Waals surface area contributed by atoms with Gasteiger partial charge in [-0.25, -0.2) is 13.2 Å². The number of carbonyl (C=O) groups is 2. The van der Waals surface area contributed by atoms with Gasteiger partial charge in [-0.2, -0.15) is 14.3 Å². The van der Waals surface area contributed by atoms with Gasteiger partial charge in [-0.3, -0.25) is 4.79 Å². The largest absolute Gasteiger partial charge is 1.00 e. The minimum absolute atomic E-state index is 0. The van der Waals surface area contributed by atoms with Crippen molar-refractivity contribution in [1.29, 1.82) is 0 Å². The Morgan fingerprint density at radius 1 is 1.22 bits per heavy atom. The molecule has 2 heterocycles. The molecule has 0 unspecified atom stereocenters. The number of urea groups is 1. The van der Waals surface area contributed by atoms with Crippen molar-refractivity contribution >= 4 is 28.2 Å². The van der Waals surface area contributed by atoms with Crippen molar-refractivity contribution in [2.75, 3.05) is 6.54 Å². The zero-order valence-electron chi connectivity index (χ0n) is 15.4. The van der Waals surface area contributed by atoms with E-state index in [1.54, 1.807) is 0 Å². The number of nitrogens with two attached hydrogens (primary N) is 1. The molecule has 2 N–H and O–H groups in total. The Morgan fingerprint density at radius 2 is 1.89 bits per heavy atom. The van der Waals surface area contributed by atoms with Crippen LogP contribution < -0.4 is 35.3 Å². The predicted octanol–water partition coefficient (Wildman–Crippen LogP) is -2.49. The number of amides is 3. The van der Waals surface area contributed by atoms with Gasteiger partial charge in [-0.1, -0.05) is 19.3 Å². The molecular formula is C15H23N4NaO6S. The molecule has 3 amide bonds. The van der Waals surface area contributed by atoms with Gasteiger partial charge in [0.25, 0.3) is 0 Å². The van der Waals surface area contributed by atoms with Crippen LogP contribution in [0.5, 0.6) is 0 Å². The fourth-order valence-corrected chi connectivity index (χ4v) is 4.42. The smallest absolute Gasteiger partial charge is 0.724 e. The van der Waals surface area contributed by atoms with Crippen molar-refractivity contribution in [2.45, 2.75) is 63.5 Å². The van der Waals surface area contributed by atoms with Crippen LogP contribution in [0.2, 0.25) is 0 Å². The second kappa shape index (κ2) is 9.19. The van der Waals surface area contributed by atoms with Crippen molar-refractivity contribution < 1.29 is 56.4 Å². The molecule has 3 rings (SSSR count). The molecule has 27 heavy (non-hydrogen) atoms. The van der Waals surface area contributed by atoms with Gasteiger partial charge in [-0.15, -0.1) is 0 Å². The van der Waals surface area contributed by atoms with E-state index in [0.29, 0.717) is 30.2 Å². The molecule has 12 heteroatoms. The van der Waals surface area contributed by atoms with E-state index in [4.69, 9.17) is 5.73 Å². The van der Waals surface area contributed by atoms with Crippen LogP contribution in [0.15, 0.2) is 4.99 Å². The molecule has 3 fully saturated rings. The van der Waals surface area contributed by atoms with Crippen molar-refractivity contribution in [2.24, 2.45) is 16.6 Å². The first-order valence-corrected chi connectivity index (χ1v) is 10.2. The molecule has 1 aliphatic carbocycles. The topological polar surface area (TPSA) is 145 Å². The van der Waals surface area contributed by atoms with Gasteiger partial charge in [0.15, 0.2) is 0 Å². The number of amidine groups is 1. The SMILES string of the molecule is NC(=NC(=O)CC1CCCCC1)[C@@H]1CC[C@@H]2CN1C(=O)N2OS(=O)(=O)[O-].[Na+]. The molecule has 2 saturated heterocycles. The molecule has 0 radical (unpaired) electrons. The third-order valence-electron chi connectivity index (χ3n) is 5.28. The van der Waals surface area contributed by atoms with Crippen LogP contribution >= 0.6 is 0 Å². The summed E-state index contributed by atoms with van der Waals surface area (Å²) in [5.41, 5.74) is 5.97. The first-order chi connectivity index (χ1) is 12.2. The number of nitrogens with zero attached hydrogens (tertiary/aromatic N) is 3. The van der Waals surface area contributed by atoms with Gasteiger partial charge in [0, 0.05) is 13.0 Å².